The van der Waals surface area contributed by atoms with E-state index in [1.165, 1.54) is 6.07 Å². The average molecular weight is 294 g/mol. The zero-order chi connectivity index (χ0) is 14.3. The molecule has 1 fully saturated rings. The molecular weight excluding hydrogens is 278 g/mol. The minimum absolute atomic E-state index is 0.112. The normalized spacial score (nSPS) is 17.7. The SMILES string of the molecule is CN1CCC(n2cc(Cl)c3ccc([N+](=O)[O-])cc32)CC1. The van der Waals surface area contributed by atoms with Crippen LogP contribution in [0.4, 0.5) is 5.69 Å². The summed E-state index contributed by atoms with van der Waals surface area (Å²) in [6.45, 7) is 2.08. The van der Waals surface area contributed by atoms with Crippen molar-refractivity contribution < 1.29 is 4.92 Å². The number of aromatic nitrogens is 1. The molecular formula is C14H16ClN3O2. The number of likely N-dealkylation sites (tertiary alicyclic amines) is 1. The molecule has 6 heteroatoms. The largest absolute Gasteiger partial charge is 0.343 e. The van der Waals surface area contributed by atoms with Gasteiger partial charge < -0.3 is 9.47 Å². The third-order valence-electron chi connectivity index (χ3n) is 4.06. The Morgan fingerprint density at radius 1 is 1.35 bits per heavy atom. The lowest BCUT2D eigenvalue weighted by Crippen LogP contribution is -2.31. The Labute approximate surface area is 121 Å². The molecule has 2 aromatic rings. The van der Waals surface area contributed by atoms with Crippen LogP contribution in [-0.2, 0) is 0 Å². The molecule has 1 saturated heterocycles. The summed E-state index contributed by atoms with van der Waals surface area (Å²) in [7, 11) is 2.11. The Kier molecular flexibility index (Phi) is 3.40. The standard InChI is InChI=1S/C14H16ClN3O2/c1-16-6-4-10(5-7-16)17-9-13(15)12-3-2-11(18(19)20)8-14(12)17/h2-3,8-10H,4-7H2,1H3. The number of nitro benzene ring substituents is 1. The average Bonchev–Trinajstić information content (AvgIpc) is 2.76. The maximum atomic E-state index is 10.9. The predicted octanol–water partition coefficient (Wildman–Crippen LogP) is 3.47. The minimum atomic E-state index is -0.362. The molecule has 0 bridgehead atoms. The number of halogens is 1. The molecule has 0 radical (unpaired) electrons. The van der Waals surface area contributed by atoms with E-state index in [9.17, 15) is 10.1 Å². The number of hydrogen-bond donors (Lipinski definition) is 0. The van der Waals surface area contributed by atoms with Crippen LogP contribution < -0.4 is 0 Å². The number of piperidine rings is 1. The first kappa shape index (κ1) is 13.4. The first-order valence-electron chi connectivity index (χ1n) is 6.69. The van der Waals surface area contributed by atoms with E-state index in [1.807, 2.05) is 6.20 Å². The zero-order valence-electron chi connectivity index (χ0n) is 11.3. The maximum absolute atomic E-state index is 10.9. The van der Waals surface area contributed by atoms with Gasteiger partial charge in [0.25, 0.3) is 5.69 Å². The molecule has 0 aliphatic carbocycles. The number of non-ortho nitro benzene ring substituents is 1. The summed E-state index contributed by atoms with van der Waals surface area (Å²) < 4.78 is 2.11. The lowest BCUT2D eigenvalue weighted by Gasteiger charge is -2.30. The van der Waals surface area contributed by atoms with Crippen molar-refractivity contribution in [2.45, 2.75) is 18.9 Å². The second kappa shape index (κ2) is 5.07. The summed E-state index contributed by atoms with van der Waals surface area (Å²) in [5.74, 6) is 0. The number of hydrogen-bond acceptors (Lipinski definition) is 3. The van der Waals surface area contributed by atoms with E-state index < -0.39 is 0 Å². The van der Waals surface area contributed by atoms with Gasteiger partial charge in [0, 0.05) is 29.8 Å². The van der Waals surface area contributed by atoms with Crippen molar-refractivity contribution in [3.05, 3.63) is 39.5 Å². The highest BCUT2D eigenvalue weighted by atomic mass is 35.5. The van der Waals surface area contributed by atoms with Crippen LogP contribution in [0, 0.1) is 10.1 Å². The first-order valence-corrected chi connectivity index (χ1v) is 7.07. The summed E-state index contributed by atoms with van der Waals surface area (Å²) in [6.07, 6.45) is 3.99. The monoisotopic (exact) mass is 293 g/mol. The number of nitro groups is 1. The van der Waals surface area contributed by atoms with Gasteiger partial charge in [-0.05, 0) is 39.0 Å². The molecule has 0 saturated carbocycles. The van der Waals surface area contributed by atoms with Crippen molar-refractivity contribution in [1.82, 2.24) is 9.47 Å². The van der Waals surface area contributed by atoms with E-state index in [4.69, 9.17) is 11.6 Å². The highest BCUT2D eigenvalue weighted by Gasteiger charge is 2.21. The third-order valence-corrected chi connectivity index (χ3v) is 4.36. The van der Waals surface area contributed by atoms with Gasteiger partial charge in [-0.1, -0.05) is 11.6 Å². The van der Waals surface area contributed by atoms with Gasteiger partial charge in [-0.2, -0.15) is 0 Å². The van der Waals surface area contributed by atoms with Gasteiger partial charge in [0.15, 0.2) is 0 Å². The van der Waals surface area contributed by atoms with Crippen LogP contribution >= 0.6 is 11.6 Å². The van der Waals surface area contributed by atoms with Crippen molar-refractivity contribution in [3.63, 3.8) is 0 Å². The number of nitrogens with zero attached hydrogens (tertiary/aromatic N) is 3. The van der Waals surface area contributed by atoms with Crippen LogP contribution in [0.2, 0.25) is 5.02 Å². The molecule has 1 aromatic carbocycles. The molecule has 1 aliphatic rings. The molecule has 20 heavy (non-hydrogen) atoms. The first-order chi connectivity index (χ1) is 9.56. The summed E-state index contributed by atoms with van der Waals surface area (Å²) >= 11 is 6.26. The summed E-state index contributed by atoms with van der Waals surface area (Å²) in [4.78, 5) is 12.9. The van der Waals surface area contributed by atoms with Gasteiger partial charge in [-0.15, -0.1) is 0 Å². The summed E-state index contributed by atoms with van der Waals surface area (Å²) in [5, 5.41) is 12.5. The van der Waals surface area contributed by atoms with Crippen LogP contribution in [0.5, 0.6) is 0 Å². The van der Waals surface area contributed by atoms with Crippen LogP contribution in [0.1, 0.15) is 18.9 Å². The van der Waals surface area contributed by atoms with Crippen LogP contribution in [0.3, 0.4) is 0 Å². The molecule has 106 valence electrons. The topological polar surface area (TPSA) is 51.3 Å². The fourth-order valence-corrected chi connectivity index (χ4v) is 3.15. The van der Waals surface area contributed by atoms with E-state index in [0.29, 0.717) is 11.1 Å². The van der Waals surface area contributed by atoms with E-state index in [0.717, 1.165) is 36.8 Å². The van der Waals surface area contributed by atoms with Crippen LogP contribution in [-0.4, -0.2) is 34.5 Å². The van der Waals surface area contributed by atoms with Crippen molar-refractivity contribution in [1.29, 1.82) is 0 Å². The fraction of sp³-hybridized carbons (Fsp3) is 0.429. The van der Waals surface area contributed by atoms with Crippen LogP contribution in [0.25, 0.3) is 10.9 Å². The Bertz CT molecular complexity index is 660. The molecule has 1 aliphatic heterocycles. The van der Waals surface area contributed by atoms with Crippen LogP contribution in [0.15, 0.2) is 24.4 Å². The molecule has 2 heterocycles. The van der Waals surface area contributed by atoms with Gasteiger partial charge in [0.05, 0.1) is 15.5 Å². The third kappa shape index (κ3) is 2.27. The quantitative estimate of drug-likeness (QED) is 0.629. The second-order valence-corrected chi connectivity index (χ2v) is 5.78. The van der Waals surface area contributed by atoms with E-state index in [-0.39, 0.29) is 10.6 Å². The van der Waals surface area contributed by atoms with Gasteiger partial charge in [-0.3, -0.25) is 10.1 Å². The minimum Gasteiger partial charge on any atom is -0.343 e. The Balaban J connectivity index is 2.05. The smallest absolute Gasteiger partial charge is 0.271 e. The van der Waals surface area contributed by atoms with Crippen molar-refractivity contribution in [2.75, 3.05) is 20.1 Å². The van der Waals surface area contributed by atoms with Gasteiger partial charge in [0.1, 0.15) is 0 Å². The fourth-order valence-electron chi connectivity index (χ4n) is 2.89. The summed E-state index contributed by atoms with van der Waals surface area (Å²) in [5.41, 5.74) is 0.972. The molecule has 0 atom stereocenters. The second-order valence-electron chi connectivity index (χ2n) is 5.38. The molecule has 0 spiro atoms. The van der Waals surface area contributed by atoms with Gasteiger partial charge >= 0.3 is 0 Å². The number of benzene rings is 1. The molecule has 3 rings (SSSR count). The Morgan fingerprint density at radius 2 is 2.05 bits per heavy atom. The van der Waals surface area contributed by atoms with Crippen molar-refractivity contribution >= 4 is 28.2 Å². The lowest BCUT2D eigenvalue weighted by molar-refractivity contribution is -0.384. The summed E-state index contributed by atoms with van der Waals surface area (Å²) in [6, 6.07) is 5.23. The van der Waals surface area contributed by atoms with Gasteiger partial charge in [-0.25, -0.2) is 0 Å². The maximum Gasteiger partial charge on any atom is 0.271 e. The van der Waals surface area contributed by atoms with Gasteiger partial charge in [0.2, 0.25) is 0 Å². The van der Waals surface area contributed by atoms with E-state index in [1.54, 1.807) is 12.1 Å². The van der Waals surface area contributed by atoms with Crippen molar-refractivity contribution in [3.8, 4) is 0 Å². The van der Waals surface area contributed by atoms with E-state index >= 15 is 0 Å². The van der Waals surface area contributed by atoms with E-state index in [2.05, 4.69) is 16.5 Å². The molecule has 0 N–H and O–H groups in total. The van der Waals surface area contributed by atoms with Crippen molar-refractivity contribution in [2.24, 2.45) is 0 Å². The Morgan fingerprint density at radius 3 is 2.70 bits per heavy atom. The molecule has 0 amide bonds. The zero-order valence-corrected chi connectivity index (χ0v) is 12.0. The molecule has 5 nitrogen and oxygen atoms in total. The number of fused-ring (bicyclic) bond motifs is 1. The molecule has 1 aromatic heterocycles. The number of rotatable bonds is 2. The lowest BCUT2D eigenvalue weighted by atomic mass is 10.1. The molecule has 0 unspecified atom stereocenters. The highest BCUT2D eigenvalue weighted by Crippen LogP contribution is 2.34. The highest BCUT2D eigenvalue weighted by molar-refractivity contribution is 6.35. The Hall–Kier alpha value is -1.59. The predicted molar refractivity (Wildman–Crippen MR) is 79.4 cm³/mol.